The lowest BCUT2D eigenvalue weighted by Gasteiger charge is -2.04. The number of benzene rings is 1. The van der Waals surface area contributed by atoms with Crippen LogP contribution in [-0.4, -0.2) is 13.0 Å². The zero-order valence-corrected chi connectivity index (χ0v) is 7.63. The first-order valence-electron chi connectivity index (χ1n) is 3.93. The van der Waals surface area contributed by atoms with E-state index in [-0.39, 0.29) is 5.97 Å². The maximum atomic E-state index is 10.6. The summed E-state index contributed by atoms with van der Waals surface area (Å²) in [5.41, 5.74) is 6.60. The molecule has 70 valence electrons. The SMILES string of the molecule is CNNc1ccc(OC(C)=O)cc1. The van der Waals surface area contributed by atoms with Gasteiger partial charge in [0.1, 0.15) is 5.75 Å². The molecule has 4 heteroatoms. The summed E-state index contributed by atoms with van der Waals surface area (Å²) in [4.78, 5) is 10.6. The summed E-state index contributed by atoms with van der Waals surface area (Å²) < 4.78 is 4.86. The van der Waals surface area contributed by atoms with Crippen molar-refractivity contribution in [2.45, 2.75) is 6.92 Å². The summed E-state index contributed by atoms with van der Waals surface area (Å²) in [7, 11) is 1.78. The molecule has 0 atom stereocenters. The Hall–Kier alpha value is -1.55. The molecule has 1 aromatic rings. The van der Waals surface area contributed by atoms with Crippen molar-refractivity contribution in [3.63, 3.8) is 0 Å². The third-order valence-corrected chi connectivity index (χ3v) is 1.39. The smallest absolute Gasteiger partial charge is 0.308 e. The van der Waals surface area contributed by atoms with Crippen LogP contribution in [0, 0.1) is 0 Å². The largest absolute Gasteiger partial charge is 0.427 e. The van der Waals surface area contributed by atoms with Crippen molar-refractivity contribution in [3.8, 4) is 5.75 Å². The zero-order chi connectivity index (χ0) is 9.68. The molecule has 0 aliphatic carbocycles. The number of ether oxygens (including phenoxy) is 1. The molecule has 0 spiro atoms. The molecule has 0 aliphatic heterocycles. The molecule has 13 heavy (non-hydrogen) atoms. The molecule has 0 fully saturated rings. The van der Waals surface area contributed by atoms with Crippen LogP contribution in [0.4, 0.5) is 5.69 Å². The second-order valence-electron chi connectivity index (χ2n) is 2.49. The van der Waals surface area contributed by atoms with Crippen molar-refractivity contribution >= 4 is 11.7 Å². The van der Waals surface area contributed by atoms with Crippen LogP contribution in [0.5, 0.6) is 5.75 Å². The molecule has 0 saturated carbocycles. The van der Waals surface area contributed by atoms with Gasteiger partial charge >= 0.3 is 5.97 Å². The predicted octanol–water partition coefficient (Wildman–Crippen LogP) is 1.16. The van der Waals surface area contributed by atoms with E-state index in [1.54, 1.807) is 19.2 Å². The maximum absolute atomic E-state index is 10.6. The standard InChI is InChI=1S/C9H12N2O2/c1-7(12)13-9-5-3-8(4-6-9)11-10-2/h3-6,10-11H,1-2H3. The first-order chi connectivity index (χ1) is 6.22. The average molecular weight is 180 g/mol. The Balaban J connectivity index is 2.64. The van der Waals surface area contributed by atoms with Crippen LogP contribution in [0.1, 0.15) is 6.92 Å². The van der Waals surface area contributed by atoms with E-state index in [4.69, 9.17) is 4.74 Å². The molecular weight excluding hydrogens is 168 g/mol. The molecule has 0 aromatic heterocycles. The molecule has 0 saturated heterocycles. The molecule has 0 bridgehead atoms. The van der Waals surface area contributed by atoms with Gasteiger partial charge in [-0.25, -0.2) is 5.43 Å². The number of nitrogens with one attached hydrogen (secondary N) is 2. The zero-order valence-electron chi connectivity index (χ0n) is 7.63. The molecule has 0 heterocycles. The number of hydrogen-bond acceptors (Lipinski definition) is 4. The highest BCUT2D eigenvalue weighted by molar-refractivity contribution is 5.69. The quantitative estimate of drug-likeness (QED) is 0.416. The van der Waals surface area contributed by atoms with E-state index >= 15 is 0 Å². The summed E-state index contributed by atoms with van der Waals surface area (Å²) in [6.45, 7) is 1.37. The lowest BCUT2D eigenvalue weighted by atomic mass is 10.3. The van der Waals surface area contributed by atoms with Gasteiger partial charge < -0.3 is 10.2 Å². The average Bonchev–Trinajstić information content (AvgIpc) is 2.08. The van der Waals surface area contributed by atoms with Crippen LogP contribution < -0.4 is 15.6 Å². The molecule has 0 amide bonds. The molecule has 4 nitrogen and oxygen atoms in total. The molecule has 1 rings (SSSR count). The number of hydrogen-bond donors (Lipinski definition) is 2. The topological polar surface area (TPSA) is 50.4 Å². The Labute approximate surface area is 76.9 Å². The van der Waals surface area contributed by atoms with Crippen LogP contribution in [0.25, 0.3) is 0 Å². The lowest BCUT2D eigenvalue weighted by molar-refractivity contribution is -0.131. The monoisotopic (exact) mass is 180 g/mol. The van der Waals surface area contributed by atoms with Crippen molar-refractivity contribution in [3.05, 3.63) is 24.3 Å². The summed E-state index contributed by atoms with van der Waals surface area (Å²) in [6.07, 6.45) is 0. The van der Waals surface area contributed by atoms with Gasteiger partial charge in [-0.3, -0.25) is 4.79 Å². The first kappa shape index (κ1) is 9.54. The van der Waals surface area contributed by atoms with Crippen LogP contribution >= 0.6 is 0 Å². The number of carbonyl (C=O) groups excluding carboxylic acids is 1. The normalized spacial score (nSPS) is 9.38. The number of esters is 1. The van der Waals surface area contributed by atoms with E-state index in [1.165, 1.54) is 6.92 Å². The summed E-state index contributed by atoms with van der Waals surface area (Å²) in [5, 5.41) is 0. The Bertz CT molecular complexity index is 282. The maximum Gasteiger partial charge on any atom is 0.308 e. The third kappa shape index (κ3) is 3.13. The molecule has 0 aliphatic rings. The van der Waals surface area contributed by atoms with Crippen molar-refractivity contribution in [2.24, 2.45) is 0 Å². The van der Waals surface area contributed by atoms with E-state index < -0.39 is 0 Å². The van der Waals surface area contributed by atoms with Gasteiger partial charge in [0.05, 0.1) is 0 Å². The Morgan fingerprint density at radius 3 is 2.38 bits per heavy atom. The van der Waals surface area contributed by atoms with Gasteiger partial charge in [0, 0.05) is 19.7 Å². The Morgan fingerprint density at radius 1 is 1.31 bits per heavy atom. The number of hydrazine groups is 1. The number of carbonyl (C=O) groups is 1. The molecule has 0 unspecified atom stereocenters. The van der Waals surface area contributed by atoms with Gasteiger partial charge in [-0.2, -0.15) is 0 Å². The number of rotatable bonds is 3. The highest BCUT2D eigenvalue weighted by atomic mass is 16.5. The van der Waals surface area contributed by atoms with Crippen LogP contribution in [0.3, 0.4) is 0 Å². The Morgan fingerprint density at radius 2 is 1.92 bits per heavy atom. The summed E-state index contributed by atoms with van der Waals surface area (Å²) in [6, 6.07) is 7.08. The van der Waals surface area contributed by atoms with E-state index in [1.807, 2.05) is 12.1 Å². The van der Waals surface area contributed by atoms with Gasteiger partial charge in [-0.05, 0) is 24.3 Å². The molecule has 1 aromatic carbocycles. The minimum Gasteiger partial charge on any atom is -0.427 e. The second kappa shape index (κ2) is 4.47. The highest BCUT2D eigenvalue weighted by Gasteiger charge is 1.96. The summed E-state index contributed by atoms with van der Waals surface area (Å²) >= 11 is 0. The van der Waals surface area contributed by atoms with E-state index in [9.17, 15) is 4.79 Å². The van der Waals surface area contributed by atoms with Gasteiger partial charge in [-0.1, -0.05) is 0 Å². The fourth-order valence-electron chi connectivity index (χ4n) is 0.917. The van der Waals surface area contributed by atoms with Crippen molar-refractivity contribution in [1.29, 1.82) is 0 Å². The summed E-state index contributed by atoms with van der Waals surface area (Å²) in [5.74, 6) is 0.239. The lowest BCUT2D eigenvalue weighted by Crippen LogP contribution is -2.14. The van der Waals surface area contributed by atoms with Gasteiger partial charge in [0.2, 0.25) is 0 Å². The minimum atomic E-state index is -0.311. The van der Waals surface area contributed by atoms with E-state index in [0.29, 0.717) is 5.75 Å². The fraction of sp³-hybridized carbons (Fsp3) is 0.222. The highest BCUT2D eigenvalue weighted by Crippen LogP contribution is 2.14. The van der Waals surface area contributed by atoms with E-state index in [2.05, 4.69) is 10.9 Å². The third-order valence-electron chi connectivity index (χ3n) is 1.39. The number of anilines is 1. The Kier molecular flexibility index (Phi) is 3.28. The van der Waals surface area contributed by atoms with Crippen LogP contribution in [0.15, 0.2) is 24.3 Å². The van der Waals surface area contributed by atoms with Crippen molar-refractivity contribution in [2.75, 3.05) is 12.5 Å². The molecular formula is C9H12N2O2. The second-order valence-corrected chi connectivity index (χ2v) is 2.49. The molecule has 0 radical (unpaired) electrons. The van der Waals surface area contributed by atoms with Crippen molar-refractivity contribution in [1.82, 2.24) is 5.43 Å². The fourth-order valence-corrected chi connectivity index (χ4v) is 0.917. The van der Waals surface area contributed by atoms with Gasteiger partial charge in [0.25, 0.3) is 0 Å². The van der Waals surface area contributed by atoms with E-state index in [0.717, 1.165) is 5.69 Å². The van der Waals surface area contributed by atoms with Gasteiger partial charge in [0.15, 0.2) is 0 Å². The first-order valence-corrected chi connectivity index (χ1v) is 3.93. The van der Waals surface area contributed by atoms with Crippen molar-refractivity contribution < 1.29 is 9.53 Å². The molecule has 2 N–H and O–H groups in total. The van der Waals surface area contributed by atoms with Crippen LogP contribution in [0.2, 0.25) is 0 Å². The van der Waals surface area contributed by atoms with Crippen LogP contribution in [-0.2, 0) is 4.79 Å². The van der Waals surface area contributed by atoms with Gasteiger partial charge in [-0.15, -0.1) is 0 Å². The minimum absolute atomic E-state index is 0.311. The predicted molar refractivity (Wildman–Crippen MR) is 50.4 cm³/mol.